The monoisotopic (exact) mass is 296 g/mol. The molecule has 2 rings (SSSR count). The summed E-state index contributed by atoms with van der Waals surface area (Å²) in [6.45, 7) is 10.8. The summed E-state index contributed by atoms with van der Waals surface area (Å²) in [6.07, 6.45) is 1.27. The largest absolute Gasteiger partial charge is 0.306 e. The Morgan fingerprint density at radius 3 is 2.80 bits per heavy atom. The molecule has 0 aromatic carbocycles. The predicted molar refractivity (Wildman–Crippen MR) is 86.1 cm³/mol. The number of nitrogens with one attached hydrogen (secondary N) is 1. The predicted octanol–water partition coefficient (Wildman–Crippen LogP) is 2.17. The third kappa shape index (κ3) is 4.81. The van der Waals surface area contributed by atoms with E-state index in [1.807, 2.05) is 0 Å². The van der Waals surface area contributed by atoms with Crippen molar-refractivity contribution in [3.63, 3.8) is 0 Å². The lowest BCUT2D eigenvalue weighted by atomic mass is 10.1. The second-order valence-electron chi connectivity index (χ2n) is 6.98. The molecule has 1 N–H and O–H groups in total. The highest BCUT2D eigenvalue weighted by molar-refractivity contribution is 7.09. The molecule has 0 spiro atoms. The zero-order chi connectivity index (χ0) is 14.8. The first kappa shape index (κ1) is 15.9. The maximum Gasteiger partial charge on any atom is 0.107 e. The van der Waals surface area contributed by atoms with Crippen LogP contribution >= 0.6 is 11.3 Å². The van der Waals surface area contributed by atoms with E-state index in [2.05, 4.69) is 55.4 Å². The van der Waals surface area contributed by atoms with Crippen LogP contribution in [0.4, 0.5) is 0 Å². The summed E-state index contributed by atoms with van der Waals surface area (Å²) in [4.78, 5) is 9.60. The van der Waals surface area contributed by atoms with Crippen LogP contribution < -0.4 is 5.32 Å². The fourth-order valence-corrected chi connectivity index (χ4v) is 3.17. The van der Waals surface area contributed by atoms with Gasteiger partial charge in [-0.15, -0.1) is 11.3 Å². The highest BCUT2D eigenvalue weighted by Crippen LogP contribution is 2.18. The number of rotatable bonds is 5. The quantitative estimate of drug-likeness (QED) is 0.902. The molecule has 1 aliphatic rings. The normalized spacial score (nSPS) is 21.0. The zero-order valence-corrected chi connectivity index (χ0v) is 14.3. The summed E-state index contributed by atoms with van der Waals surface area (Å²) in [7, 11) is 4.35. The summed E-state index contributed by atoms with van der Waals surface area (Å²) in [5.74, 6) is 0. The number of hydrogen-bond acceptors (Lipinski definition) is 5. The fourth-order valence-electron chi connectivity index (χ4n) is 2.45. The second-order valence-corrected chi connectivity index (χ2v) is 7.92. The molecule has 1 unspecified atom stereocenters. The Balaban J connectivity index is 1.81. The van der Waals surface area contributed by atoms with Crippen LogP contribution in [0.3, 0.4) is 0 Å². The van der Waals surface area contributed by atoms with Gasteiger partial charge in [-0.2, -0.15) is 0 Å². The lowest BCUT2D eigenvalue weighted by Gasteiger charge is -2.20. The van der Waals surface area contributed by atoms with Gasteiger partial charge in [0, 0.05) is 43.1 Å². The van der Waals surface area contributed by atoms with Crippen molar-refractivity contribution in [1.29, 1.82) is 0 Å². The van der Waals surface area contributed by atoms with Crippen molar-refractivity contribution in [2.75, 3.05) is 27.2 Å². The molecule has 1 aromatic rings. The minimum absolute atomic E-state index is 0.152. The summed E-state index contributed by atoms with van der Waals surface area (Å²) >= 11 is 1.77. The van der Waals surface area contributed by atoms with Gasteiger partial charge in [-0.25, -0.2) is 4.98 Å². The van der Waals surface area contributed by atoms with E-state index in [9.17, 15) is 0 Å². The molecule has 5 heteroatoms. The Bertz CT molecular complexity index is 422. The first-order chi connectivity index (χ1) is 9.33. The van der Waals surface area contributed by atoms with Crippen molar-refractivity contribution in [3.05, 3.63) is 16.1 Å². The molecule has 1 aliphatic heterocycles. The number of thiazole rings is 1. The molecular weight excluding hydrogens is 268 g/mol. The van der Waals surface area contributed by atoms with Crippen molar-refractivity contribution in [2.45, 2.75) is 51.9 Å². The van der Waals surface area contributed by atoms with E-state index in [1.54, 1.807) is 11.3 Å². The minimum Gasteiger partial charge on any atom is -0.306 e. The van der Waals surface area contributed by atoms with Gasteiger partial charge in [0.25, 0.3) is 0 Å². The molecule has 1 fully saturated rings. The Hall–Kier alpha value is -0.490. The zero-order valence-electron chi connectivity index (χ0n) is 13.4. The highest BCUT2D eigenvalue weighted by atomic mass is 32.1. The van der Waals surface area contributed by atoms with Crippen LogP contribution in [-0.4, -0.2) is 53.5 Å². The summed E-state index contributed by atoms with van der Waals surface area (Å²) in [5, 5.41) is 6.90. The van der Waals surface area contributed by atoms with E-state index in [-0.39, 0.29) is 5.54 Å². The number of likely N-dealkylation sites (tertiary alicyclic amines) is 1. The second kappa shape index (κ2) is 6.52. The van der Waals surface area contributed by atoms with Gasteiger partial charge in [-0.05, 0) is 41.3 Å². The van der Waals surface area contributed by atoms with Gasteiger partial charge in [0.1, 0.15) is 5.01 Å². The standard InChI is InChI=1S/C15H28N4S/c1-15(2,3)16-8-14-17-12(11-20-14)9-19-7-6-13(10-19)18(4)5/h11,13,16H,6-10H2,1-5H3. The SMILES string of the molecule is CN(C)C1CCN(Cc2csc(CNC(C)(C)C)n2)C1. The van der Waals surface area contributed by atoms with E-state index in [0.29, 0.717) is 6.04 Å². The van der Waals surface area contributed by atoms with Crippen molar-refractivity contribution in [2.24, 2.45) is 0 Å². The third-order valence-electron chi connectivity index (χ3n) is 3.73. The summed E-state index contributed by atoms with van der Waals surface area (Å²) in [6, 6.07) is 0.704. The van der Waals surface area contributed by atoms with Gasteiger partial charge in [0.05, 0.1) is 5.69 Å². The van der Waals surface area contributed by atoms with Crippen molar-refractivity contribution in [1.82, 2.24) is 20.1 Å². The van der Waals surface area contributed by atoms with E-state index in [0.717, 1.165) is 13.1 Å². The molecule has 1 aromatic heterocycles. The average Bonchev–Trinajstić information content (AvgIpc) is 2.95. The summed E-state index contributed by atoms with van der Waals surface area (Å²) < 4.78 is 0. The van der Waals surface area contributed by atoms with E-state index in [4.69, 9.17) is 4.98 Å². The highest BCUT2D eigenvalue weighted by Gasteiger charge is 2.24. The Morgan fingerprint density at radius 2 is 2.20 bits per heavy atom. The molecular formula is C15H28N4S. The van der Waals surface area contributed by atoms with Crippen LogP contribution in [0.5, 0.6) is 0 Å². The van der Waals surface area contributed by atoms with Gasteiger partial charge in [-0.3, -0.25) is 4.90 Å². The molecule has 0 bridgehead atoms. The number of likely N-dealkylation sites (N-methyl/N-ethyl adjacent to an activating group) is 1. The van der Waals surface area contributed by atoms with Crippen LogP contribution in [0.1, 0.15) is 37.9 Å². The van der Waals surface area contributed by atoms with E-state index in [1.165, 1.54) is 30.2 Å². The average molecular weight is 296 g/mol. The lowest BCUT2D eigenvalue weighted by Crippen LogP contribution is -2.35. The van der Waals surface area contributed by atoms with Crippen LogP contribution in [0.2, 0.25) is 0 Å². The molecule has 0 amide bonds. The molecule has 1 saturated heterocycles. The number of hydrogen-bond donors (Lipinski definition) is 1. The Morgan fingerprint density at radius 1 is 1.45 bits per heavy atom. The first-order valence-electron chi connectivity index (χ1n) is 7.40. The van der Waals surface area contributed by atoms with Crippen LogP contribution in [0.15, 0.2) is 5.38 Å². The Kier molecular flexibility index (Phi) is 5.18. The molecule has 20 heavy (non-hydrogen) atoms. The molecule has 0 aliphatic carbocycles. The molecule has 1 atom stereocenters. The minimum atomic E-state index is 0.152. The van der Waals surface area contributed by atoms with Gasteiger partial charge in [0.2, 0.25) is 0 Å². The topological polar surface area (TPSA) is 31.4 Å². The maximum absolute atomic E-state index is 4.75. The smallest absolute Gasteiger partial charge is 0.107 e. The maximum atomic E-state index is 4.75. The molecule has 4 nitrogen and oxygen atoms in total. The van der Waals surface area contributed by atoms with Gasteiger partial charge in [-0.1, -0.05) is 0 Å². The molecule has 0 radical (unpaired) electrons. The van der Waals surface area contributed by atoms with Crippen LogP contribution in [-0.2, 0) is 13.1 Å². The first-order valence-corrected chi connectivity index (χ1v) is 8.28. The molecule has 2 heterocycles. The fraction of sp³-hybridized carbons (Fsp3) is 0.800. The van der Waals surface area contributed by atoms with Gasteiger partial charge in [0.15, 0.2) is 0 Å². The van der Waals surface area contributed by atoms with Crippen molar-refractivity contribution >= 4 is 11.3 Å². The van der Waals surface area contributed by atoms with Crippen LogP contribution in [0, 0.1) is 0 Å². The molecule has 114 valence electrons. The Labute approximate surface area is 127 Å². The third-order valence-corrected chi connectivity index (χ3v) is 4.63. The van der Waals surface area contributed by atoms with Crippen molar-refractivity contribution in [3.8, 4) is 0 Å². The molecule has 0 saturated carbocycles. The van der Waals surface area contributed by atoms with Gasteiger partial charge >= 0.3 is 0 Å². The van der Waals surface area contributed by atoms with Crippen molar-refractivity contribution < 1.29 is 0 Å². The lowest BCUT2D eigenvalue weighted by molar-refractivity contribution is 0.263. The van der Waals surface area contributed by atoms with E-state index >= 15 is 0 Å². The number of aromatic nitrogens is 1. The van der Waals surface area contributed by atoms with E-state index < -0.39 is 0 Å². The summed E-state index contributed by atoms with van der Waals surface area (Å²) in [5.41, 5.74) is 1.37. The number of nitrogens with zero attached hydrogens (tertiary/aromatic N) is 3. The van der Waals surface area contributed by atoms with Gasteiger partial charge < -0.3 is 10.2 Å². The van der Waals surface area contributed by atoms with Crippen LogP contribution in [0.25, 0.3) is 0 Å².